The topological polar surface area (TPSA) is 86.1 Å². The lowest BCUT2D eigenvalue weighted by Crippen LogP contribution is -2.48. The maximum atomic E-state index is 13.6. The molecular weight excluding hydrogens is 366 g/mol. The third-order valence-electron chi connectivity index (χ3n) is 4.57. The van der Waals surface area contributed by atoms with Crippen molar-refractivity contribution in [3.05, 3.63) is 54.4 Å². The zero-order valence-corrected chi connectivity index (χ0v) is 15.1. The Labute approximate surface area is 160 Å². The number of nitrogens with zero attached hydrogens (tertiary/aromatic N) is 3. The molecule has 2 atom stereocenters. The predicted octanol–water partition coefficient (Wildman–Crippen LogP) is 2.63. The Bertz CT molecular complexity index is 927. The van der Waals surface area contributed by atoms with Crippen molar-refractivity contribution in [3.8, 4) is 17.2 Å². The second-order valence-corrected chi connectivity index (χ2v) is 6.65. The minimum absolute atomic E-state index is 0.310. The van der Waals surface area contributed by atoms with Gasteiger partial charge in [0.05, 0.1) is 18.2 Å². The van der Waals surface area contributed by atoms with E-state index in [1.54, 1.807) is 12.3 Å². The number of hydrogen-bond donors (Lipinski definition) is 1. The van der Waals surface area contributed by atoms with E-state index in [4.69, 9.17) is 5.26 Å². The first kappa shape index (κ1) is 19.4. The van der Waals surface area contributed by atoms with Gasteiger partial charge in [-0.05, 0) is 18.6 Å². The minimum atomic E-state index is -3.11. The van der Waals surface area contributed by atoms with Crippen LogP contribution in [0.3, 0.4) is 0 Å². The molecule has 0 aliphatic carbocycles. The lowest BCUT2D eigenvalue weighted by molar-refractivity contribution is -0.134. The van der Waals surface area contributed by atoms with Crippen molar-refractivity contribution in [1.29, 1.82) is 5.26 Å². The fraction of sp³-hybridized carbons (Fsp3) is 0.300. The molecule has 6 nitrogen and oxygen atoms in total. The second-order valence-electron chi connectivity index (χ2n) is 6.65. The number of aromatic nitrogens is 1. The molecule has 2 aromatic rings. The van der Waals surface area contributed by atoms with Crippen LogP contribution >= 0.6 is 0 Å². The van der Waals surface area contributed by atoms with E-state index in [2.05, 4.69) is 10.3 Å². The molecule has 0 saturated carbocycles. The molecule has 2 heterocycles. The number of halogens is 2. The van der Waals surface area contributed by atoms with Crippen LogP contribution in [0.5, 0.6) is 0 Å². The van der Waals surface area contributed by atoms with E-state index in [1.807, 2.05) is 30.3 Å². The Morgan fingerprint density at radius 3 is 2.71 bits per heavy atom. The van der Waals surface area contributed by atoms with Crippen LogP contribution < -0.4 is 5.32 Å². The van der Waals surface area contributed by atoms with E-state index in [9.17, 15) is 18.4 Å². The molecule has 1 unspecified atom stereocenters. The maximum Gasteiger partial charge on any atom is 0.268 e. The van der Waals surface area contributed by atoms with Crippen LogP contribution in [0.4, 0.5) is 8.78 Å². The van der Waals surface area contributed by atoms with Gasteiger partial charge in [0.25, 0.3) is 11.8 Å². The van der Waals surface area contributed by atoms with Gasteiger partial charge in [0, 0.05) is 24.4 Å². The number of amides is 2. The number of alkyl halides is 2. The number of carbonyl (C=O) groups is 2. The van der Waals surface area contributed by atoms with Gasteiger partial charge in [-0.3, -0.25) is 14.6 Å². The van der Waals surface area contributed by atoms with Gasteiger partial charge in [-0.2, -0.15) is 5.26 Å². The van der Waals surface area contributed by atoms with Gasteiger partial charge in [-0.15, -0.1) is 0 Å². The number of benzene rings is 1. The van der Waals surface area contributed by atoms with E-state index < -0.39 is 42.8 Å². The van der Waals surface area contributed by atoms with Gasteiger partial charge in [-0.25, -0.2) is 8.78 Å². The summed E-state index contributed by atoms with van der Waals surface area (Å²) in [7, 11) is 0. The fourth-order valence-electron chi connectivity index (χ4n) is 3.19. The monoisotopic (exact) mass is 384 g/mol. The van der Waals surface area contributed by atoms with Crippen LogP contribution in [0.15, 0.2) is 48.8 Å². The Kier molecular flexibility index (Phi) is 5.36. The molecule has 1 N–H and O–H groups in total. The Balaban J connectivity index is 1.77. The van der Waals surface area contributed by atoms with Crippen LogP contribution in [-0.4, -0.2) is 46.2 Å². The van der Waals surface area contributed by atoms with Crippen LogP contribution in [0.2, 0.25) is 0 Å². The number of carbonyl (C=O) groups excluding carboxylic acids is 2. The summed E-state index contributed by atoms with van der Waals surface area (Å²) in [4.78, 5) is 30.1. The fourth-order valence-corrected chi connectivity index (χ4v) is 3.19. The molecule has 8 heteroatoms. The lowest BCUT2D eigenvalue weighted by atomic mass is 10.0. The molecule has 2 amide bonds. The standard InChI is InChI=1S/C20H18F2N4O2/c1-13(19(28)26-12-20(21,22)9-15(26)10-23)25-18(27)16-7-8-24-11-17(16)14-5-3-2-4-6-14/h2-8,11,13,15H,9,12H2,1H3,(H,25,27)/t13?,15-/m1/s1. The molecule has 144 valence electrons. The number of hydrogen-bond acceptors (Lipinski definition) is 4. The van der Waals surface area contributed by atoms with E-state index in [1.165, 1.54) is 19.2 Å². The molecule has 1 aliphatic heterocycles. The summed E-state index contributed by atoms with van der Waals surface area (Å²) < 4.78 is 27.2. The molecule has 1 fully saturated rings. The minimum Gasteiger partial charge on any atom is -0.340 e. The third kappa shape index (κ3) is 3.98. The van der Waals surface area contributed by atoms with E-state index in [0.717, 1.165) is 10.5 Å². The smallest absolute Gasteiger partial charge is 0.268 e. The van der Waals surface area contributed by atoms with Crippen molar-refractivity contribution in [2.45, 2.75) is 31.4 Å². The van der Waals surface area contributed by atoms with Crippen molar-refractivity contribution in [2.75, 3.05) is 6.54 Å². The first-order valence-corrected chi connectivity index (χ1v) is 8.70. The number of rotatable bonds is 4. The highest BCUT2D eigenvalue weighted by atomic mass is 19.3. The number of likely N-dealkylation sites (tertiary alicyclic amines) is 1. The Morgan fingerprint density at radius 1 is 1.32 bits per heavy atom. The van der Waals surface area contributed by atoms with E-state index in [-0.39, 0.29) is 0 Å². The second kappa shape index (κ2) is 7.72. The average molecular weight is 384 g/mol. The van der Waals surface area contributed by atoms with Crippen LogP contribution in [0.25, 0.3) is 11.1 Å². The Morgan fingerprint density at radius 2 is 2.04 bits per heavy atom. The first-order chi connectivity index (χ1) is 13.3. The average Bonchev–Trinajstić information content (AvgIpc) is 3.02. The van der Waals surface area contributed by atoms with Crippen LogP contribution in [0.1, 0.15) is 23.7 Å². The van der Waals surface area contributed by atoms with Crippen molar-refractivity contribution in [2.24, 2.45) is 0 Å². The highest BCUT2D eigenvalue weighted by Crippen LogP contribution is 2.32. The van der Waals surface area contributed by atoms with E-state index in [0.29, 0.717) is 11.1 Å². The van der Waals surface area contributed by atoms with Crippen molar-refractivity contribution in [3.63, 3.8) is 0 Å². The van der Waals surface area contributed by atoms with Gasteiger partial charge in [0.1, 0.15) is 12.1 Å². The highest BCUT2D eigenvalue weighted by Gasteiger charge is 2.48. The van der Waals surface area contributed by atoms with E-state index >= 15 is 0 Å². The van der Waals surface area contributed by atoms with Crippen molar-refractivity contribution in [1.82, 2.24) is 15.2 Å². The normalized spacial score (nSPS) is 18.9. The summed E-state index contributed by atoms with van der Waals surface area (Å²) in [5.74, 6) is -4.35. The summed E-state index contributed by atoms with van der Waals surface area (Å²) in [5, 5.41) is 11.6. The molecule has 1 aromatic heterocycles. The number of nitrogens with one attached hydrogen (secondary N) is 1. The predicted molar refractivity (Wildman–Crippen MR) is 97.3 cm³/mol. The summed E-state index contributed by atoms with van der Waals surface area (Å²) in [6.07, 6.45) is 2.31. The van der Waals surface area contributed by atoms with Gasteiger partial charge in [0.15, 0.2) is 0 Å². The quantitative estimate of drug-likeness (QED) is 0.878. The number of nitriles is 1. The molecule has 0 radical (unpaired) electrons. The van der Waals surface area contributed by atoms with Crippen molar-refractivity contribution >= 4 is 11.8 Å². The first-order valence-electron chi connectivity index (χ1n) is 8.70. The summed E-state index contributed by atoms with van der Waals surface area (Å²) in [6.45, 7) is 0.587. The maximum absolute atomic E-state index is 13.6. The van der Waals surface area contributed by atoms with Crippen LogP contribution in [0, 0.1) is 11.3 Å². The summed E-state index contributed by atoms with van der Waals surface area (Å²) >= 11 is 0. The molecule has 1 aliphatic rings. The highest BCUT2D eigenvalue weighted by molar-refractivity contribution is 6.02. The molecule has 0 bridgehead atoms. The molecule has 0 spiro atoms. The van der Waals surface area contributed by atoms with Gasteiger partial charge < -0.3 is 10.2 Å². The molecule has 28 heavy (non-hydrogen) atoms. The zero-order chi connectivity index (χ0) is 20.3. The number of pyridine rings is 1. The lowest BCUT2D eigenvalue weighted by Gasteiger charge is -2.24. The summed E-state index contributed by atoms with van der Waals surface area (Å²) in [6, 6.07) is 10.1. The summed E-state index contributed by atoms with van der Waals surface area (Å²) in [5.41, 5.74) is 1.68. The SMILES string of the molecule is CC(NC(=O)c1ccncc1-c1ccccc1)C(=O)N1CC(F)(F)C[C@@H]1C#N. The Hall–Kier alpha value is -3.34. The van der Waals surface area contributed by atoms with Gasteiger partial charge in [-0.1, -0.05) is 30.3 Å². The van der Waals surface area contributed by atoms with Crippen LogP contribution in [-0.2, 0) is 4.79 Å². The molecule has 1 saturated heterocycles. The molecular formula is C20H18F2N4O2. The van der Waals surface area contributed by atoms with Crippen molar-refractivity contribution < 1.29 is 18.4 Å². The van der Waals surface area contributed by atoms with Gasteiger partial charge >= 0.3 is 0 Å². The zero-order valence-electron chi connectivity index (χ0n) is 15.1. The molecule has 1 aromatic carbocycles. The largest absolute Gasteiger partial charge is 0.340 e. The van der Waals surface area contributed by atoms with Gasteiger partial charge in [0.2, 0.25) is 5.91 Å². The molecule has 3 rings (SSSR count). The third-order valence-corrected chi connectivity index (χ3v) is 4.57.